The molecule has 0 radical (unpaired) electrons. The van der Waals surface area contributed by atoms with Crippen molar-refractivity contribution in [3.63, 3.8) is 0 Å². The second-order valence-electron chi connectivity index (χ2n) is 10.4. The topological polar surface area (TPSA) is 63.0 Å². The Bertz CT molecular complexity index is 1230. The molecule has 2 atom stereocenters. The predicted molar refractivity (Wildman–Crippen MR) is 142 cm³/mol. The molecule has 180 valence electrons. The summed E-state index contributed by atoms with van der Waals surface area (Å²) in [5, 5.41) is 3.70. The van der Waals surface area contributed by atoms with Crippen LogP contribution in [0.5, 0.6) is 0 Å². The maximum atomic E-state index is 12.5. The summed E-state index contributed by atoms with van der Waals surface area (Å²) in [5.41, 5.74) is 4.28. The molecule has 1 saturated carbocycles. The average molecular weight is 488 g/mol. The van der Waals surface area contributed by atoms with Gasteiger partial charge in [-0.2, -0.15) is 0 Å². The molecule has 2 aromatic carbocycles. The van der Waals surface area contributed by atoms with Crippen molar-refractivity contribution in [1.82, 2.24) is 5.32 Å². The minimum absolute atomic E-state index is 0.0591. The van der Waals surface area contributed by atoms with E-state index in [1.807, 2.05) is 45.0 Å². The van der Waals surface area contributed by atoms with E-state index < -0.39 is 5.60 Å². The molecule has 5 nitrogen and oxygen atoms in total. The molecule has 1 N–H and O–H groups in total. The lowest BCUT2D eigenvalue weighted by Crippen LogP contribution is -2.52. The molecule has 1 amide bonds. The first kappa shape index (κ1) is 23.6. The molecule has 2 unspecified atom stereocenters. The molecule has 2 heterocycles. The summed E-state index contributed by atoms with van der Waals surface area (Å²) in [5.74, 6) is -0.0591. The number of nitrogens with one attached hydrogen (secondary N) is 1. The highest BCUT2D eigenvalue weighted by atomic mass is 35.5. The van der Waals surface area contributed by atoms with E-state index in [0.29, 0.717) is 5.17 Å². The molecular formula is C29H30ClN3O2. The van der Waals surface area contributed by atoms with Crippen LogP contribution in [0.2, 0.25) is 0 Å². The lowest BCUT2D eigenvalue weighted by atomic mass is 9.71. The first-order chi connectivity index (χ1) is 16.7. The third kappa shape index (κ3) is 4.83. The number of rotatable bonds is 4. The number of carbonyl (C=O) groups is 1. The van der Waals surface area contributed by atoms with Crippen LogP contribution in [0.15, 0.2) is 82.9 Å². The van der Waals surface area contributed by atoms with Gasteiger partial charge in [-0.15, -0.1) is 0 Å². The Morgan fingerprint density at radius 1 is 1.06 bits per heavy atom. The fourth-order valence-electron chi connectivity index (χ4n) is 4.86. The van der Waals surface area contributed by atoms with Gasteiger partial charge in [-0.3, -0.25) is 4.99 Å². The lowest BCUT2D eigenvalue weighted by molar-refractivity contribution is 0.0377. The number of nitrogens with zero attached hydrogens (tertiary/aromatic N) is 2. The Kier molecular flexibility index (Phi) is 6.14. The SMILES string of the molecule is CC(C)(C)OC(=O)NC1(c2ccc(C3=NC4C=CN=C(Cl)C4C=C3c3ccccc3)cc2)CCC1. The minimum atomic E-state index is -0.531. The molecule has 1 fully saturated rings. The van der Waals surface area contributed by atoms with Crippen molar-refractivity contribution in [1.29, 1.82) is 0 Å². The van der Waals surface area contributed by atoms with Crippen LogP contribution in [0.3, 0.4) is 0 Å². The van der Waals surface area contributed by atoms with E-state index in [0.717, 1.165) is 47.2 Å². The number of dihydropyridines is 1. The Morgan fingerprint density at radius 3 is 2.40 bits per heavy atom. The molecule has 2 aliphatic heterocycles. The maximum Gasteiger partial charge on any atom is 0.408 e. The monoisotopic (exact) mass is 487 g/mol. The summed E-state index contributed by atoms with van der Waals surface area (Å²) in [4.78, 5) is 21.9. The van der Waals surface area contributed by atoms with Crippen LogP contribution in [-0.4, -0.2) is 28.6 Å². The standard InChI is InChI=1S/C29H30ClN3O2/c1-28(2,3)35-27(34)33-29(15-7-16-29)21-12-10-20(11-13-21)25-22(19-8-5-4-6-9-19)18-23-24(32-25)14-17-31-26(23)30/h4-6,8-14,17-18,23-24H,7,15-16H2,1-3H3,(H,33,34). The van der Waals surface area contributed by atoms with Crippen LogP contribution in [0.4, 0.5) is 4.79 Å². The molecule has 3 aliphatic rings. The van der Waals surface area contributed by atoms with Crippen molar-refractivity contribution in [2.45, 2.75) is 57.2 Å². The van der Waals surface area contributed by atoms with Crippen molar-refractivity contribution < 1.29 is 9.53 Å². The van der Waals surface area contributed by atoms with Gasteiger partial charge in [-0.25, -0.2) is 9.79 Å². The Hall–Kier alpha value is -3.18. The smallest absolute Gasteiger partial charge is 0.408 e. The van der Waals surface area contributed by atoms with Gasteiger partial charge in [0.15, 0.2) is 0 Å². The van der Waals surface area contributed by atoms with E-state index in [-0.39, 0.29) is 23.6 Å². The van der Waals surface area contributed by atoms with Crippen LogP contribution in [0.25, 0.3) is 5.57 Å². The van der Waals surface area contributed by atoms with E-state index in [2.05, 4.69) is 52.8 Å². The van der Waals surface area contributed by atoms with Gasteiger partial charge in [0.2, 0.25) is 0 Å². The van der Waals surface area contributed by atoms with E-state index in [1.165, 1.54) is 0 Å². The molecule has 2 aromatic rings. The quantitative estimate of drug-likeness (QED) is 0.526. The number of amides is 1. The summed E-state index contributed by atoms with van der Waals surface area (Å²) in [7, 11) is 0. The van der Waals surface area contributed by atoms with Crippen LogP contribution < -0.4 is 5.32 Å². The number of aliphatic imine (C=N–C) groups is 2. The Balaban J connectivity index is 1.45. The van der Waals surface area contributed by atoms with E-state index in [4.69, 9.17) is 21.3 Å². The summed E-state index contributed by atoms with van der Waals surface area (Å²) in [6.45, 7) is 5.63. The number of carbonyl (C=O) groups excluding carboxylic acids is 1. The molecule has 0 aromatic heterocycles. The number of fused-ring (bicyclic) bond motifs is 1. The maximum absolute atomic E-state index is 12.5. The highest BCUT2D eigenvalue weighted by Gasteiger charge is 2.41. The van der Waals surface area contributed by atoms with Gasteiger partial charge < -0.3 is 10.1 Å². The van der Waals surface area contributed by atoms with Crippen molar-refractivity contribution in [3.8, 4) is 0 Å². The van der Waals surface area contributed by atoms with Gasteiger partial charge in [-0.05, 0) is 57.2 Å². The molecule has 0 spiro atoms. The molecule has 5 rings (SSSR count). The van der Waals surface area contributed by atoms with Crippen LogP contribution in [-0.2, 0) is 10.3 Å². The molecule has 35 heavy (non-hydrogen) atoms. The highest BCUT2D eigenvalue weighted by Crippen LogP contribution is 2.42. The third-order valence-electron chi connectivity index (χ3n) is 6.75. The van der Waals surface area contributed by atoms with Gasteiger partial charge in [0, 0.05) is 17.3 Å². The van der Waals surface area contributed by atoms with Gasteiger partial charge >= 0.3 is 6.09 Å². The Labute approximate surface area is 211 Å². The first-order valence-corrected chi connectivity index (χ1v) is 12.5. The predicted octanol–water partition coefficient (Wildman–Crippen LogP) is 6.63. The number of ether oxygens (including phenoxy) is 1. The normalized spacial score (nSPS) is 22.7. The van der Waals surface area contributed by atoms with Crippen LogP contribution >= 0.6 is 11.6 Å². The van der Waals surface area contributed by atoms with Gasteiger partial charge in [-0.1, -0.05) is 72.3 Å². The molecular weight excluding hydrogens is 458 g/mol. The van der Waals surface area contributed by atoms with E-state index in [9.17, 15) is 4.79 Å². The average Bonchev–Trinajstić information content (AvgIpc) is 2.81. The summed E-state index contributed by atoms with van der Waals surface area (Å²) in [6.07, 6.45) is 8.41. The molecule has 0 saturated heterocycles. The van der Waals surface area contributed by atoms with Crippen molar-refractivity contribution in [2.24, 2.45) is 15.9 Å². The highest BCUT2D eigenvalue weighted by molar-refractivity contribution is 6.66. The first-order valence-electron chi connectivity index (χ1n) is 12.1. The Morgan fingerprint density at radius 2 is 1.77 bits per heavy atom. The summed E-state index contributed by atoms with van der Waals surface area (Å²) in [6, 6.07) is 18.6. The lowest BCUT2D eigenvalue weighted by Gasteiger charge is -2.43. The van der Waals surface area contributed by atoms with E-state index in [1.54, 1.807) is 6.20 Å². The largest absolute Gasteiger partial charge is 0.444 e. The second kappa shape index (κ2) is 9.12. The van der Waals surface area contributed by atoms with Crippen molar-refractivity contribution in [3.05, 3.63) is 89.6 Å². The van der Waals surface area contributed by atoms with E-state index >= 15 is 0 Å². The fraction of sp³-hybridized carbons (Fsp3) is 0.345. The number of halogens is 1. The van der Waals surface area contributed by atoms with Crippen molar-refractivity contribution >= 4 is 34.1 Å². The summed E-state index contributed by atoms with van der Waals surface area (Å²) < 4.78 is 5.53. The van der Waals surface area contributed by atoms with Gasteiger partial charge in [0.05, 0.1) is 23.2 Å². The zero-order chi connectivity index (χ0) is 24.6. The zero-order valence-corrected chi connectivity index (χ0v) is 21.0. The molecule has 0 bridgehead atoms. The minimum Gasteiger partial charge on any atom is -0.444 e. The number of alkyl carbamates (subject to hydrolysis) is 1. The number of hydrogen-bond donors (Lipinski definition) is 1. The van der Waals surface area contributed by atoms with Gasteiger partial charge in [0.1, 0.15) is 10.8 Å². The van der Waals surface area contributed by atoms with Crippen LogP contribution in [0.1, 0.15) is 56.7 Å². The van der Waals surface area contributed by atoms with Crippen molar-refractivity contribution in [2.75, 3.05) is 0 Å². The summed E-state index contributed by atoms with van der Waals surface area (Å²) >= 11 is 6.45. The zero-order valence-electron chi connectivity index (χ0n) is 20.3. The molecule has 6 heteroatoms. The second-order valence-corrected chi connectivity index (χ2v) is 10.8. The number of allylic oxidation sites excluding steroid dienone is 1. The van der Waals surface area contributed by atoms with Gasteiger partial charge in [0.25, 0.3) is 0 Å². The van der Waals surface area contributed by atoms with Crippen LogP contribution in [0, 0.1) is 5.92 Å². The third-order valence-corrected chi connectivity index (χ3v) is 7.10. The molecule has 1 aliphatic carbocycles. The number of benzene rings is 2. The fourth-order valence-corrected chi connectivity index (χ4v) is 5.11. The number of hydrogen-bond acceptors (Lipinski definition) is 4.